The van der Waals surface area contributed by atoms with Crippen LogP contribution < -0.4 is 0 Å². The highest BCUT2D eigenvalue weighted by Gasteiger charge is 2.09. The van der Waals surface area contributed by atoms with E-state index in [2.05, 4.69) is 11.3 Å². The highest BCUT2D eigenvalue weighted by molar-refractivity contribution is 5.74. The maximum absolute atomic E-state index is 9.97. The van der Waals surface area contributed by atoms with Crippen LogP contribution in [0.2, 0.25) is 0 Å². The fraction of sp³-hybridized carbons (Fsp3) is 0.400. The van der Waals surface area contributed by atoms with E-state index in [4.69, 9.17) is 5.11 Å². The van der Waals surface area contributed by atoms with Gasteiger partial charge in [-0.2, -0.15) is 0 Å². The van der Waals surface area contributed by atoms with Crippen molar-refractivity contribution in [3.8, 4) is 0 Å². The molecule has 0 bridgehead atoms. The van der Waals surface area contributed by atoms with Crippen molar-refractivity contribution < 1.29 is 14.6 Å². The van der Waals surface area contributed by atoms with Crippen LogP contribution in [0.1, 0.15) is 0 Å². The molecular formula is C5H8O3. The number of hydrogen-bond donors (Lipinski definition) is 1. The van der Waals surface area contributed by atoms with Crippen LogP contribution in [-0.4, -0.2) is 24.3 Å². The zero-order valence-corrected chi connectivity index (χ0v) is 4.63. The number of carboxylic acids is 1. The second kappa shape index (κ2) is 3.21. The second-order valence-electron chi connectivity index (χ2n) is 1.23. The number of carbonyl (C=O) groups is 1. The predicted octanol–water partition coefficient (Wildman–Crippen LogP) is 0.272. The average Bonchev–Trinajstić information content (AvgIpc) is 1.69. The molecule has 3 nitrogen and oxygen atoms in total. The summed E-state index contributed by atoms with van der Waals surface area (Å²) in [7, 11) is 1.32. The molecule has 0 aromatic carbocycles. The first-order valence-electron chi connectivity index (χ1n) is 2.10. The first-order valence-corrected chi connectivity index (χ1v) is 2.10. The molecule has 0 fully saturated rings. The Morgan fingerprint density at radius 1 is 2.00 bits per heavy atom. The molecule has 0 heterocycles. The molecule has 0 aromatic heterocycles. The first-order chi connectivity index (χ1) is 3.72. The summed E-state index contributed by atoms with van der Waals surface area (Å²) in [4.78, 5) is 9.97. The van der Waals surface area contributed by atoms with Crippen LogP contribution in [0.25, 0.3) is 0 Å². The molecule has 0 aliphatic rings. The molecule has 46 valence electrons. The minimum atomic E-state index is -1.01. The molecule has 0 saturated carbocycles. The van der Waals surface area contributed by atoms with Crippen LogP contribution >= 0.6 is 0 Å². The predicted molar refractivity (Wildman–Crippen MR) is 28.6 cm³/mol. The number of ether oxygens (including phenoxy) is 1. The van der Waals surface area contributed by atoms with Crippen molar-refractivity contribution in [3.63, 3.8) is 0 Å². The largest absolute Gasteiger partial charge is 0.479 e. The van der Waals surface area contributed by atoms with E-state index < -0.39 is 12.1 Å². The van der Waals surface area contributed by atoms with E-state index in [-0.39, 0.29) is 0 Å². The molecule has 0 spiro atoms. The van der Waals surface area contributed by atoms with Crippen LogP contribution in [-0.2, 0) is 9.53 Å². The van der Waals surface area contributed by atoms with Gasteiger partial charge in [-0.1, -0.05) is 12.7 Å². The minimum Gasteiger partial charge on any atom is -0.479 e. The Labute approximate surface area is 47.6 Å². The number of aliphatic carboxylic acids is 1. The summed E-state index contributed by atoms with van der Waals surface area (Å²) in [5, 5.41) is 8.18. The number of carboxylic acid groups (broad SMARTS) is 1. The smallest absolute Gasteiger partial charge is 0.336 e. The Balaban J connectivity index is 3.69. The molecule has 0 aliphatic heterocycles. The second-order valence-corrected chi connectivity index (χ2v) is 1.23. The van der Waals surface area contributed by atoms with Crippen LogP contribution in [0.4, 0.5) is 0 Å². The van der Waals surface area contributed by atoms with E-state index in [1.165, 1.54) is 13.2 Å². The van der Waals surface area contributed by atoms with Crippen molar-refractivity contribution in [2.45, 2.75) is 6.10 Å². The van der Waals surface area contributed by atoms with Crippen molar-refractivity contribution in [2.75, 3.05) is 7.11 Å². The zero-order valence-electron chi connectivity index (χ0n) is 4.63. The molecule has 0 amide bonds. The fourth-order valence-corrected chi connectivity index (χ4v) is 0.298. The molecule has 1 atom stereocenters. The maximum Gasteiger partial charge on any atom is 0.336 e. The Morgan fingerprint density at radius 3 is 2.50 bits per heavy atom. The normalized spacial score (nSPS) is 12.6. The van der Waals surface area contributed by atoms with Gasteiger partial charge in [0.05, 0.1) is 0 Å². The van der Waals surface area contributed by atoms with E-state index in [1.54, 1.807) is 0 Å². The van der Waals surface area contributed by atoms with Crippen molar-refractivity contribution in [1.82, 2.24) is 0 Å². The Morgan fingerprint density at radius 2 is 2.50 bits per heavy atom. The lowest BCUT2D eigenvalue weighted by atomic mass is 10.4. The first kappa shape index (κ1) is 7.17. The van der Waals surface area contributed by atoms with E-state index in [0.717, 1.165) is 0 Å². The number of hydrogen-bond acceptors (Lipinski definition) is 2. The zero-order chi connectivity index (χ0) is 6.57. The molecule has 1 unspecified atom stereocenters. The van der Waals surface area contributed by atoms with Gasteiger partial charge in [0.1, 0.15) is 0 Å². The Bertz CT molecular complexity index is 97.8. The standard InChI is InChI=1S/C5H8O3/c1-3-4(8-2)5(6)7/h3-4H,1H2,2H3,(H,6,7). The lowest BCUT2D eigenvalue weighted by Gasteiger charge is -2.00. The van der Waals surface area contributed by atoms with Gasteiger partial charge in [-0.15, -0.1) is 0 Å². The van der Waals surface area contributed by atoms with E-state index in [0.29, 0.717) is 0 Å². The van der Waals surface area contributed by atoms with Gasteiger partial charge in [0.2, 0.25) is 0 Å². The molecule has 0 rings (SSSR count). The minimum absolute atomic E-state index is 0.866. The van der Waals surface area contributed by atoms with Gasteiger partial charge in [0.25, 0.3) is 0 Å². The molecule has 1 N–H and O–H groups in total. The van der Waals surface area contributed by atoms with Crippen molar-refractivity contribution >= 4 is 5.97 Å². The molecule has 8 heavy (non-hydrogen) atoms. The highest BCUT2D eigenvalue weighted by atomic mass is 16.5. The summed E-state index contributed by atoms with van der Waals surface area (Å²) < 4.78 is 4.44. The van der Waals surface area contributed by atoms with Gasteiger partial charge in [0, 0.05) is 7.11 Å². The van der Waals surface area contributed by atoms with Gasteiger partial charge in [-0.25, -0.2) is 4.79 Å². The summed E-state index contributed by atoms with van der Waals surface area (Å²) >= 11 is 0. The maximum atomic E-state index is 9.97. The molecule has 0 aliphatic carbocycles. The Kier molecular flexibility index (Phi) is 2.88. The van der Waals surface area contributed by atoms with Crippen LogP contribution in [0.15, 0.2) is 12.7 Å². The quantitative estimate of drug-likeness (QED) is 0.538. The van der Waals surface area contributed by atoms with E-state index >= 15 is 0 Å². The van der Waals surface area contributed by atoms with E-state index in [1.807, 2.05) is 0 Å². The third kappa shape index (κ3) is 1.75. The monoisotopic (exact) mass is 116 g/mol. The molecule has 3 heteroatoms. The van der Waals surface area contributed by atoms with Gasteiger partial charge in [0.15, 0.2) is 6.10 Å². The summed E-state index contributed by atoms with van der Waals surface area (Å²) in [6.45, 7) is 3.25. The average molecular weight is 116 g/mol. The van der Waals surface area contributed by atoms with Gasteiger partial charge in [-0.3, -0.25) is 0 Å². The SMILES string of the molecule is C=CC(OC)C(=O)O. The summed E-state index contributed by atoms with van der Waals surface area (Å²) in [5.74, 6) is -1.01. The van der Waals surface area contributed by atoms with Gasteiger partial charge in [-0.05, 0) is 0 Å². The summed E-state index contributed by atoms with van der Waals surface area (Å²) in [5.41, 5.74) is 0. The molecule has 0 aromatic rings. The van der Waals surface area contributed by atoms with Crippen molar-refractivity contribution in [3.05, 3.63) is 12.7 Å². The van der Waals surface area contributed by atoms with Crippen LogP contribution in [0.3, 0.4) is 0 Å². The lowest BCUT2D eigenvalue weighted by molar-refractivity contribution is -0.145. The molecule has 0 saturated heterocycles. The van der Waals surface area contributed by atoms with Crippen LogP contribution in [0, 0.1) is 0 Å². The van der Waals surface area contributed by atoms with Crippen molar-refractivity contribution in [1.29, 1.82) is 0 Å². The topological polar surface area (TPSA) is 46.5 Å². The summed E-state index contributed by atoms with van der Waals surface area (Å²) in [6.07, 6.45) is 0.359. The van der Waals surface area contributed by atoms with E-state index in [9.17, 15) is 4.79 Å². The van der Waals surface area contributed by atoms with Gasteiger partial charge < -0.3 is 9.84 Å². The summed E-state index contributed by atoms with van der Waals surface area (Å²) in [6, 6.07) is 0. The fourth-order valence-electron chi connectivity index (χ4n) is 0.298. The number of methoxy groups -OCH3 is 1. The van der Waals surface area contributed by atoms with Crippen LogP contribution in [0.5, 0.6) is 0 Å². The third-order valence-corrected chi connectivity index (χ3v) is 0.711. The highest BCUT2D eigenvalue weighted by Crippen LogP contribution is 1.88. The number of rotatable bonds is 3. The van der Waals surface area contributed by atoms with Gasteiger partial charge >= 0.3 is 5.97 Å². The molecular weight excluding hydrogens is 108 g/mol. The molecule has 0 radical (unpaired) electrons. The lowest BCUT2D eigenvalue weighted by Crippen LogP contribution is -2.18. The Hall–Kier alpha value is -0.830. The third-order valence-electron chi connectivity index (χ3n) is 0.711. The van der Waals surface area contributed by atoms with Crippen molar-refractivity contribution in [2.24, 2.45) is 0 Å².